The Kier molecular flexibility index (Phi) is 11.0. The standard InChI is InChI=1S/C46H36N2O6/c1-46(35-19-17-32(18-20-35)31-11-5-2-6-12-31,36-21-23-40(47-42(49)25-27-44(51)52)38(29-36)33-13-7-3-8-14-33)37-22-24-41(48-43(50)26-28-45(53)54)39(30-37)34-15-9-4-10-16-34/h2-30H,1H3,(H,47,49)(H,48,50)(H,51,52)(H,53,54)/b27-25+,28-26+. The van der Waals surface area contributed by atoms with Crippen molar-refractivity contribution in [3.63, 3.8) is 0 Å². The maximum Gasteiger partial charge on any atom is 0.328 e. The molecule has 6 aromatic rings. The van der Waals surface area contributed by atoms with Crippen LogP contribution in [0, 0.1) is 0 Å². The van der Waals surface area contributed by atoms with E-state index in [9.17, 15) is 19.2 Å². The van der Waals surface area contributed by atoms with Gasteiger partial charge in [0.1, 0.15) is 0 Å². The highest BCUT2D eigenvalue weighted by atomic mass is 16.4. The van der Waals surface area contributed by atoms with Crippen LogP contribution in [0.5, 0.6) is 0 Å². The number of nitrogens with one attached hydrogen (secondary N) is 2. The summed E-state index contributed by atoms with van der Waals surface area (Å²) in [5, 5.41) is 23.8. The normalized spacial score (nSPS) is 11.4. The zero-order valence-corrected chi connectivity index (χ0v) is 29.3. The summed E-state index contributed by atoms with van der Waals surface area (Å²) in [5.41, 5.74) is 8.25. The number of hydrogen-bond acceptors (Lipinski definition) is 4. The van der Waals surface area contributed by atoms with Crippen molar-refractivity contribution in [2.75, 3.05) is 10.6 Å². The highest BCUT2D eigenvalue weighted by Crippen LogP contribution is 2.44. The second kappa shape index (κ2) is 16.4. The maximum absolute atomic E-state index is 12.8. The minimum Gasteiger partial charge on any atom is -0.478 e. The lowest BCUT2D eigenvalue weighted by molar-refractivity contribution is -0.132. The topological polar surface area (TPSA) is 133 Å². The van der Waals surface area contributed by atoms with Crippen molar-refractivity contribution < 1.29 is 29.4 Å². The number of carbonyl (C=O) groups excluding carboxylic acids is 2. The Morgan fingerprint density at radius 2 is 0.796 bits per heavy atom. The van der Waals surface area contributed by atoms with Crippen molar-refractivity contribution in [2.45, 2.75) is 12.3 Å². The summed E-state index contributed by atoms with van der Waals surface area (Å²) in [7, 11) is 0. The van der Waals surface area contributed by atoms with Gasteiger partial charge in [0.05, 0.1) is 0 Å². The molecule has 54 heavy (non-hydrogen) atoms. The molecule has 8 nitrogen and oxygen atoms in total. The van der Waals surface area contributed by atoms with E-state index in [2.05, 4.69) is 54.0 Å². The molecule has 0 fully saturated rings. The fraction of sp³-hybridized carbons (Fsp3) is 0.0435. The monoisotopic (exact) mass is 712 g/mol. The van der Waals surface area contributed by atoms with Crippen molar-refractivity contribution in [2.24, 2.45) is 0 Å². The molecule has 0 aliphatic carbocycles. The second-order valence-electron chi connectivity index (χ2n) is 12.6. The SMILES string of the molecule is CC(c1ccc(-c2ccccc2)cc1)(c1ccc(NC(=O)/C=C/C(=O)O)c(-c2ccccc2)c1)c1ccc(NC(=O)/C=C/C(=O)O)c(-c2ccccc2)c1. The van der Waals surface area contributed by atoms with E-state index < -0.39 is 29.2 Å². The number of benzene rings is 6. The van der Waals surface area contributed by atoms with Gasteiger partial charge >= 0.3 is 11.9 Å². The Labute approximate surface area is 312 Å². The molecule has 6 rings (SSSR count). The molecule has 4 N–H and O–H groups in total. The van der Waals surface area contributed by atoms with Gasteiger partial charge < -0.3 is 20.8 Å². The summed E-state index contributed by atoms with van der Waals surface area (Å²) in [6.07, 6.45) is 3.54. The van der Waals surface area contributed by atoms with Crippen LogP contribution in [0.1, 0.15) is 23.6 Å². The highest BCUT2D eigenvalue weighted by molar-refractivity contribution is 6.05. The van der Waals surface area contributed by atoms with Crippen LogP contribution < -0.4 is 10.6 Å². The third-order valence-electron chi connectivity index (χ3n) is 9.20. The van der Waals surface area contributed by atoms with E-state index in [0.717, 1.165) is 74.4 Å². The number of carboxylic acid groups (broad SMARTS) is 2. The Hall–Kier alpha value is -7.32. The summed E-state index contributed by atoms with van der Waals surface area (Å²) >= 11 is 0. The molecule has 0 saturated heterocycles. The summed E-state index contributed by atoms with van der Waals surface area (Å²) < 4.78 is 0. The van der Waals surface area contributed by atoms with Gasteiger partial charge in [-0.1, -0.05) is 127 Å². The molecule has 266 valence electrons. The molecule has 8 heteroatoms. The van der Waals surface area contributed by atoms with Gasteiger partial charge in [-0.25, -0.2) is 9.59 Å². The van der Waals surface area contributed by atoms with Gasteiger partial charge in [0, 0.05) is 52.2 Å². The van der Waals surface area contributed by atoms with Gasteiger partial charge in [0.2, 0.25) is 11.8 Å². The van der Waals surface area contributed by atoms with E-state index in [-0.39, 0.29) is 0 Å². The van der Waals surface area contributed by atoms with Gasteiger partial charge in [-0.2, -0.15) is 0 Å². The van der Waals surface area contributed by atoms with Gasteiger partial charge in [-0.3, -0.25) is 9.59 Å². The first-order valence-electron chi connectivity index (χ1n) is 17.1. The average Bonchev–Trinajstić information content (AvgIpc) is 3.20. The van der Waals surface area contributed by atoms with Crippen molar-refractivity contribution in [3.8, 4) is 33.4 Å². The number of rotatable bonds is 12. The second-order valence-corrected chi connectivity index (χ2v) is 12.6. The Morgan fingerprint density at radius 1 is 0.444 bits per heavy atom. The maximum atomic E-state index is 12.8. The van der Waals surface area contributed by atoms with Crippen LogP contribution in [0.3, 0.4) is 0 Å². The fourth-order valence-electron chi connectivity index (χ4n) is 6.41. The molecular weight excluding hydrogens is 677 g/mol. The number of carboxylic acids is 2. The lowest BCUT2D eigenvalue weighted by Crippen LogP contribution is -2.26. The van der Waals surface area contributed by atoms with Crippen LogP contribution in [-0.4, -0.2) is 34.0 Å². The molecule has 0 saturated carbocycles. The zero-order chi connectivity index (χ0) is 38.1. The quantitative estimate of drug-likeness (QED) is 0.0739. The third kappa shape index (κ3) is 8.41. The largest absolute Gasteiger partial charge is 0.478 e. The fourth-order valence-corrected chi connectivity index (χ4v) is 6.41. The average molecular weight is 713 g/mol. The summed E-state index contributed by atoms with van der Waals surface area (Å²) in [6, 6.07) is 49.3. The van der Waals surface area contributed by atoms with Crippen molar-refractivity contribution in [3.05, 3.63) is 193 Å². The van der Waals surface area contributed by atoms with E-state index in [4.69, 9.17) is 10.2 Å². The van der Waals surface area contributed by atoms with Crippen molar-refractivity contribution in [1.82, 2.24) is 0 Å². The predicted molar refractivity (Wildman–Crippen MR) is 212 cm³/mol. The number of aliphatic carboxylic acids is 2. The van der Waals surface area contributed by atoms with Crippen molar-refractivity contribution in [1.29, 1.82) is 0 Å². The smallest absolute Gasteiger partial charge is 0.328 e. The Morgan fingerprint density at radius 3 is 1.19 bits per heavy atom. The summed E-state index contributed by atoms with van der Waals surface area (Å²) in [4.78, 5) is 47.8. The molecule has 6 aromatic carbocycles. The van der Waals surface area contributed by atoms with E-state index in [1.54, 1.807) is 0 Å². The molecule has 0 bridgehead atoms. The molecule has 0 aromatic heterocycles. The molecular formula is C46H36N2O6. The van der Waals surface area contributed by atoms with E-state index in [0.29, 0.717) is 11.4 Å². The van der Waals surface area contributed by atoms with Crippen LogP contribution in [0.25, 0.3) is 33.4 Å². The molecule has 0 radical (unpaired) electrons. The first kappa shape index (κ1) is 36.5. The summed E-state index contributed by atoms with van der Waals surface area (Å²) in [6.45, 7) is 2.13. The van der Waals surface area contributed by atoms with Crippen LogP contribution >= 0.6 is 0 Å². The first-order valence-corrected chi connectivity index (χ1v) is 17.1. The van der Waals surface area contributed by atoms with Gasteiger partial charge in [-0.05, 0) is 70.1 Å². The molecule has 0 aliphatic rings. The molecule has 0 heterocycles. The van der Waals surface area contributed by atoms with E-state index in [1.807, 2.05) is 115 Å². The first-order chi connectivity index (χ1) is 26.1. The van der Waals surface area contributed by atoms with E-state index in [1.165, 1.54) is 0 Å². The van der Waals surface area contributed by atoms with Crippen LogP contribution in [0.15, 0.2) is 176 Å². The lowest BCUT2D eigenvalue weighted by atomic mass is 9.69. The number of anilines is 2. The Bertz CT molecular complexity index is 2240. The molecule has 0 atom stereocenters. The van der Waals surface area contributed by atoms with Gasteiger partial charge in [0.25, 0.3) is 0 Å². The predicted octanol–water partition coefficient (Wildman–Crippen LogP) is 9.20. The zero-order valence-electron chi connectivity index (χ0n) is 29.3. The molecule has 2 amide bonds. The third-order valence-corrected chi connectivity index (χ3v) is 9.20. The van der Waals surface area contributed by atoms with Crippen molar-refractivity contribution >= 4 is 35.1 Å². The molecule has 0 unspecified atom stereocenters. The lowest BCUT2D eigenvalue weighted by Gasteiger charge is -2.34. The number of amides is 2. The number of carbonyl (C=O) groups is 4. The molecule has 0 aliphatic heterocycles. The molecule has 0 spiro atoms. The summed E-state index contributed by atoms with van der Waals surface area (Å²) in [5.74, 6) is -3.61. The van der Waals surface area contributed by atoms with Crippen LogP contribution in [-0.2, 0) is 24.6 Å². The Balaban J connectivity index is 1.55. The van der Waals surface area contributed by atoms with Crippen LogP contribution in [0.4, 0.5) is 11.4 Å². The minimum atomic E-state index is -1.23. The van der Waals surface area contributed by atoms with Crippen LogP contribution in [0.2, 0.25) is 0 Å². The highest BCUT2D eigenvalue weighted by Gasteiger charge is 2.33. The van der Waals surface area contributed by atoms with Gasteiger partial charge in [0.15, 0.2) is 0 Å². The number of hydrogen-bond donors (Lipinski definition) is 4. The van der Waals surface area contributed by atoms with E-state index >= 15 is 0 Å². The van der Waals surface area contributed by atoms with Gasteiger partial charge in [-0.15, -0.1) is 0 Å². The minimum absolute atomic E-state index is 0.504.